The smallest absolute Gasteiger partial charge is 0.202 e. The maximum absolute atomic E-state index is 9.28. The minimum absolute atomic E-state index is 0.00165. The Morgan fingerprint density at radius 1 is 1.35 bits per heavy atom. The number of nitrogens with one attached hydrogen (secondary N) is 1. The van der Waals surface area contributed by atoms with E-state index in [1.165, 1.54) is 11.5 Å². The third kappa shape index (κ3) is 5.00. The van der Waals surface area contributed by atoms with Gasteiger partial charge in [0.2, 0.25) is 5.13 Å². The average Bonchev–Trinajstić information content (AvgIpc) is 2.61. The summed E-state index contributed by atoms with van der Waals surface area (Å²) in [6.45, 7) is 11.1. The number of aromatic nitrogens is 2. The van der Waals surface area contributed by atoms with Crippen molar-refractivity contribution < 1.29 is 5.11 Å². The molecular formula is C12H23N3OS. The Labute approximate surface area is 108 Å². The Balaban J connectivity index is 2.45. The van der Waals surface area contributed by atoms with Crippen LogP contribution in [0, 0.1) is 5.92 Å². The van der Waals surface area contributed by atoms with Crippen LogP contribution >= 0.6 is 11.5 Å². The second-order valence-corrected chi connectivity index (χ2v) is 6.50. The predicted octanol–water partition coefficient (Wildman–Crippen LogP) is 2.65. The Morgan fingerprint density at radius 2 is 2.00 bits per heavy atom. The molecule has 0 aliphatic heterocycles. The highest BCUT2D eigenvalue weighted by Crippen LogP contribution is 2.23. The standard InChI is InChI=1S/C12H23N3OS/c1-8(6-9(2)16)7-13-11-14-10(15-17-11)12(3,4)5/h8-9,16H,6-7H2,1-5H3,(H,13,14,15). The van der Waals surface area contributed by atoms with Gasteiger partial charge in [0.15, 0.2) is 0 Å². The van der Waals surface area contributed by atoms with Crippen molar-refractivity contribution in [2.24, 2.45) is 5.92 Å². The number of hydrogen-bond acceptors (Lipinski definition) is 5. The van der Waals surface area contributed by atoms with Gasteiger partial charge in [-0.25, -0.2) is 4.98 Å². The van der Waals surface area contributed by atoms with E-state index >= 15 is 0 Å². The number of anilines is 1. The van der Waals surface area contributed by atoms with Crippen molar-refractivity contribution >= 4 is 16.7 Å². The number of nitrogens with zero attached hydrogens (tertiary/aromatic N) is 2. The van der Waals surface area contributed by atoms with E-state index in [0.717, 1.165) is 23.9 Å². The third-order valence-electron chi connectivity index (χ3n) is 2.44. The summed E-state index contributed by atoms with van der Waals surface area (Å²) in [7, 11) is 0. The molecular weight excluding hydrogens is 234 g/mol. The highest BCUT2D eigenvalue weighted by Gasteiger charge is 2.19. The van der Waals surface area contributed by atoms with E-state index in [2.05, 4.69) is 42.4 Å². The first-order valence-electron chi connectivity index (χ1n) is 6.05. The molecule has 0 spiro atoms. The summed E-state index contributed by atoms with van der Waals surface area (Å²) in [6, 6.07) is 0. The first-order valence-corrected chi connectivity index (χ1v) is 6.82. The molecule has 0 aliphatic carbocycles. The molecule has 0 saturated heterocycles. The average molecular weight is 257 g/mol. The van der Waals surface area contributed by atoms with Crippen molar-refractivity contribution in [2.45, 2.75) is 52.6 Å². The number of rotatable bonds is 5. The van der Waals surface area contributed by atoms with E-state index in [4.69, 9.17) is 0 Å². The summed E-state index contributed by atoms with van der Waals surface area (Å²) in [5.74, 6) is 1.31. The van der Waals surface area contributed by atoms with E-state index in [-0.39, 0.29) is 11.5 Å². The van der Waals surface area contributed by atoms with Crippen LogP contribution in [0.2, 0.25) is 0 Å². The second-order valence-electron chi connectivity index (χ2n) is 5.74. The quantitative estimate of drug-likeness (QED) is 0.851. The minimum Gasteiger partial charge on any atom is -0.393 e. The van der Waals surface area contributed by atoms with E-state index in [9.17, 15) is 5.11 Å². The molecule has 1 aromatic rings. The zero-order valence-electron chi connectivity index (χ0n) is 11.3. The van der Waals surface area contributed by atoms with Crippen LogP contribution in [0.4, 0.5) is 5.13 Å². The van der Waals surface area contributed by atoms with Crippen LogP contribution in [0.15, 0.2) is 0 Å². The maximum atomic E-state index is 9.28. The van der Waals surface area contributed by atoms with Crippen molar-refractivity contribution in [2.75, 3.05) is 11.9 Å². The lowest BCUT2D eigenvalue weighted by Gasteiger charge is -2.14. The molecule has 2 atom stereocenters. The Hall–Kier alpha value is -0.680. The fourth-order valence-electron chi connectivity index (χ4n) is 1.53. The lowest BCUT2D eigenvalue weighted by atomic mass is 9.96. The van der Waals surface area contributed by atoms with Gasteiger partial charge in [0.1, 0.15) is 5.82 Å². The summed E-state index contributed by atoms with van der Waals surface area (Å²) in [6.07, 6.45) is 0.559. The van der Waals surface area contributed by atoms with Gasteiger partial charge in [-0.15, -0.1) is 0 Å². The molecule has 0 aliphatic rings. The monoisotopic (exact) mass is 257 g/mol. The van der Waals surface area contributed by atoms with E-state index in [1.807, 2.05) is 6.92 Å². The predicted molar refractivity (Wildman–Crippen MR) is 72.6 cm³/mol. The first-order chi connectivity index (χ1) is 7.79. The van der Waals surface area contributed by atoms with Crippen LogP contribution in [-0.2, 0) is 5.41 Å². The molecule has 4 nitrogen and oxygen atoms in total. The molecule has 0 amide bonds. The SMILES string of the molecule is CC(O)CC(C)CNc1nc(C(C)(C)C)ns1. The summed E-state index contributed by atoms with van der Waals surface area (Å²) < 4.78 is 4.35. The highest BCUT2D eigenvalue weighted by atomic mass is 32.1. The Bertz CT molecular complexity index is 344. The van der Waals surface area contributed by atoms with Gasteiger partial charge in [-0.1, -0.05) is 27.7 Å². The topological polar surface area (TPSA) is 58.0 Å². The second kappa shape index (κ2) is 5.78. The maximum Gasteiger partial charge on any atom is 0.202 e. The zero-order valence-corrected chi connectivity index (χ0v) is 12.1. The normalized spacial score (nSPS) is 15.6. The number of hydrogen-bond donors (Lipinski definition) is 2. The molecule has 1 rings (SSSR count). The van der Waals surface area contributed by atoms with Crippen LogP contribution in [0.1, 0.15) is 46.9 Å². The molecule has 17 heavy (non-hydrogen) atoms. The van der Waals surface area contributed by atoms with Gasteiger partial charge in [0.25, 0.3) is 0 Å². The molecule has 2 unspecified atom stereocenters. The summed E-state index contributed by atoms with van der Waals surface area (Å²) in [5.41, 5.74) is 0.00165. The van der Waals surface area contributed by atoms with Gasteiger partial charge in [0, 0.05) is 23.5 Å². The first kappa shape index (κ1) is 14.4. The Kier molecular flexibility index (Phi) is 4.89. The summed E-state index contributed by atoms with van der Waals surface area (Å²) >= 11 is 1.40. The van der Waals surface area contributed by atoms with E-state index in [0.29, 0.717) is 5.92 Å². The largest absolute Gasteiger partial charge is 0.393 e. The van der Waals surface area contributed by atoms with Crippen molar-refractivity contribution in [1.29, 1.82) is 0 Å². The Morgan fingerprint density at radius 3 is 2.47 bits per heavy atom. The fourth-order valence-corrected chi connectivity index (χ4v) is 2.29. The van der Waals surface area contributed by atoms with Gasteiger partial charge in [-0.05, 0) is 19.3 Å². The van der Waals surface area contributed by atoms with Gasteiger partial charge in [-0.3, -0.25) is 0 Å². The van der Waals surface area contributed by atoms with E-state index < -0.39 is 0 Å². The van der Waals surface area contributed by atoms with Crippen LogP contribution in [0.25, 0.3) is 0 Å². The molecule has 1 heterocycles. The van der Waals surface area contributed by atoms with Gasteiger partial charge in [0.05, 0.1) is 6.10 Å². The number of aliphatic hydroxyl groups is 1. The van der Waals surface area contributed by atoms with Crippen LogP contribution < -0.4 is 5.32 Å². The molecule has 0 saturated carbocycles. The molecule has 5 heteroatoms. The molecule has 0 aromatic carbocycles. The van der Waals surface area contributed by atoms with Crippen LogP contribution in [0.5, 0.6) is 0 Å². The van der Waals surface area contributed by atoms with Crippen molar-refractivity contribution in [3.63, 3.8) is 0 Å². The molecule has 0 radical (unpaired) electrons. The highest BCUT2D eigenvalue weighted by molar-refractivity contribution is 7.09. The molecule has 0 fully saturated rings. The van der Waals surface area contributed by atoms with E-state index in [1.54, 1.807) is 0 Å². The third-order valence-corrected chi connectivity index (χ3v) is 3.11. The van der Waals surface area contributed by atoms with Gasteiger partial charge in [-0.2, -0.15) is 4.37 Å². The lowest BCUT2D eigenvalue weighted by Crippen LogP contribution is -2.17. The summed E-state index contributed by atoms with van der Waals surface area (Å²) in [4.78, 5) is 4.47. The van der Waals surface area contributed by atoms with Crippen molar-refractivity contribution in [3.8, 4) is 0 Å². The molecule has 2 N–H and O–H groups in total. The minimum atomic E-state index is -0.244. The molecule has 0 bridgehead atoms. The summed E-state index contributed by atoms with van der Waals surface area (Å²) in [5, 5.41) is 13.4. The van der Waals surface area contributed by atoms with Crippen LogP contribution in [-0.4, -0.2) is 27.1 Å². The van der Waals surface area contributed by atoms with Crippen molar-refractivity contribution in [3.05, 3.63) is 5.82 Å². The fraction of sp³-hybridized carbons (Fsp3) is 0.833. The van der Waals surface area contributed by atoms with Crippen molar-refractivity contribution in [1.82, 2.24) is 9.36 Å². The molecule has 1 aromatic heterocycles. The lowest BCUT2D eigenvalue weighted by molar-refractivity contribution is 0.166. The van der Waals surface area contributed by atoms with Gasteiger partial charge >= 0.3 is 0 Å². The molecule has 98 valence electrons. The van der Waals surface area contributed by atoms with Crippen LogP contribution in [0.3, 0.4) is 0 Å². The zero-order chi connectivity index (χ0) is 13.1. The van der Waals surface area contributed by atoms with Gasteiger partial charge < -0.3 is 10.4 Å². The number of aliphatic hydroxyl groups excluding tert-OH is 1.